The fourth-order valence-electron chi connectivity index (χ4n) is 2.77. The molecule has 0 saturated carbocycles. The number of hydrogen-bond acceptors (Lipinski definition) is 2. The van der Waals surface area contributed by atoms with Crippen LogP contribution in [0.15, 0.2) is 18.2 Å². The lowest BCUT2D eigenvalue weighted by atomic mass is 9.95. The molecule has 1 fully saturated rings. The molecule has 17 heavy (non-hydrogen) atoms. The fraction of sp³-hybridized carbons (Fsp3) is 0.500. The van der Waals surface area contributed by atoms with Crippen LogP contribution in [0, 0.1) is 5.92 Å². The van der Waals surface area contributed by atoms with E-state index in [1.807, 2.05) is 0 Å². The summed E-state index contributed by atoms with van der Waals surface area (Å²) < 4.78 is 0. The van der Waals surface area contributed by atoms with Gasteiger partial charge in [-0.3, -0.25) is 4.79 Å². The molecule has 3 nitrogen and oxygen atoms in total. The molecule has 1 aromatic rings. The van der Waals surface area contributed by atoms with Crippen LogP contribution in [0.3, 0.4) is 0 Å². The summed E-state index contributed by atoms with van der Waals surface area (Å²) in [5, 5.41) is 6.36. The molecule has 1 unspecified atom stereocenters. The van der Waals surface area contributed by atoms with Crippen molar-refractivity contribution >= 4 is 11.6 Å². The third-order valence-electron chi connectivity index (χ3n) is 3.76. The molecule has 2 aliphatic rings. The predicted octanol–water partition coefficient (Wildman–Crippen LogP) is 1.72. The zero-order valence-corrected chi connectivity index (χ0v) is 9.96. The van der Waals surface area contributed by atoms with Crippen LogP contribution in [0.5, 0.6) is 0 Å². The van der Waals surface area contributed by atoms with Crippen molar-refractivity contribution in [3.63, 3.8) is 0 Å². The zero-order valence-electron chi connectivity index (χ0n) is 9.96. The molecule has 0 radical (unpaired) electrons. The van der Waals surface area contributed by atoms with Crippen LogP contribution in [0.1, 0.15) is 24.0 Å². The molecule has 3 rings (SSSR count). The van der Waals surface area contributed by atoms with Crippen molar-refractivity contribution in [2.75, 3.05) is 18.4 Å². The molecule has 2 N–H and O–H groups in total. The van der Waals surface area contributed by atoms with Gasteiger partial charge in [-0.25, -0.2) is 0 Å². The third-order valence-corrected chi connectivity index (χ3v) is 3.76. The van der Waals surface area contributed by atoms with E-state index >= 15 is 0 Å². The minimum Gasteiger partial charge on any atom is -0.326 e. The number of hydrogen-bond donors (Lipinski definition) is 2. The van der Waals surface area contributed by atoms with Gasteiger partial charge in [0, 0.05) is 12.1 Å². The van der Waals surface area contributed by atoms with Gasteiger partial charge in [-0.1, -0.05) is 12.1 Å². The quantitative estimate of drug-likeness (QED) is 0.812. The first kappa shape index (κ1) is 10.8. The highest BCUT2D eigenvalue weighted by Crippen LogP contribution is 2.25. The van der Waals surface area contributed by atoms with Crippen molar-refractivity contribution in [1.82, 2.24) is 5.32 Å². The van der Waals surface area contributed by atoms with Crippen LogP contribution in [0.25, 0.3) is 0 Å². The molecule has 1 saturated heterocycles. The van der Waals surface area contributed by atoms with Crippen molar-refractivity contribution in [3.05, 3.63) is 29.3 Å². The summed E-state index contributed by atoms with van der Waals surface area (Å²) in [6.45, 7) is 2.27. The van der Waals surface area contributed by atoms with Crippen LogP contribution in [-0.4, -0.2) is 19.0 Å². The summed E-state index contributed by atoms with van der Waals surface area (Å²) in [6.07, 6.45) is 3.89. The first-order valence-electron chi connectivity index (χ1n) is 6.43. The van der Waals surface area contributed by atoms with Crippen LogP contribution in [0.2, 0.25) is 0 Å². The number of carbonyl (C=O) groups is 1. The van der Waals surface area contributed by atoms with E-state index in [9.17, 15) is 4.79 Å². The van der Waals surface area contributed by atoms with Crippen LogP contribution in [0.4, 0.5) is 5.69 Å². The Morgan fingerprint density at radius 3 is 3.06 bits per heavy atom. The van der Waals surface area contributed by atoms with Crippen molar-refractivity contribution in [1.29, 1.82) is 0 Å². The number of fused-ring (bicyclic) bond motifs is 1. The minimum absolute atomic E-state index is 0.150. The largest absolute Gasteiger partial charge is 0.326 e. The Morgan fingerprint density at radius 1 is 1.29 bits per heavy atom. The molecule has 2 aliphatic heterocycles. The maximum Gasteiger partial charge on any atom is 0.224 e. The van der Waals surface area contributed by atoms with E-state index in [-0.39, 0.29) is 5.91 Å². The molecule has 0 bridgehead atoms. The first-order chi connectivity index (χ1) is 8.31. The Balaban J connectivity index is 1.77. The highest BCUT2D eigenvalue weighted by molar-refractivity contribution is 5.93. The van der Waals surface area contributed by atoms with E-state index in [0.29, 0.717) is 6.42 Å². The van der Waals surface area contributed by atoms with E-state index in [0.717, 1.165) is 37.5 Å². The molecule has 3 heteroatoms. The van der Waals surface area contributed by atoms with Gasteiger partial charge in [0.2, 0.25) is 5.91 Å². The lowest BCUT2D eigenvalue weighted by Crippen LogP contribution is -2.19. The number of carbonyl (C=O) groups excluding carboxylic acids is 1. The normalized spacial score (nSPS) is 23.3. The molecule has 1 atom stereocenters. The van der Waals surface area contributed by atoms with Gasteiger partial charge >= 0.3 is 0 Å². The summed E-state index contributed by atoms with van der Waals surface area (Å²) in [5.74, 6) is 0.907. The van der Waals surface area contributed by atoms with E-state index < -0.39 is 0 Å². The van der Waals surface area contributed by atoms with Crippen LogP contribution in [-0.2, 0) is 17.6 Å². The van der Waals surface area contributed by atoms with Gasteiger partial charge in [0.1, 0.15) is 0 Å². The summed E-state index contributed by atoms with van der Waals surface area (Å²) in [6, 6.07) is 6.55. The molecule has 1 amide bonds. The van der Waals surface area contributed by atoms with E-state index in [1.165, 1.54) is 17.5 Å². The Hall–Kier alpha value is -1.35. The number of anilines is 1. The van der Waals surface area contributed by atoms with Crippen molar-refractivity contribution < 1.29 is 4.79 Å². The Morgan fingerprint density at radius 2 is 2.24 bits per heavy atom. The van der Waals surface area contributed by atoms with Gasteiger partial charge in [-0.05, 0) is 55.5 Å². The van der Waals surface area contributed by atoms with Crippen molar-refractivity contribution in [2.45, 2.75) is 25.7 Å². The summed E-state index contributed by atoms with van der Waals surface area (Å²) in [5.41, 5.74) is 3.65. The number of rotatable bonds is 2. The molecule has 0 spiro atoms. The summed E-state index contributed by atoms with van der Waals surface area (Å²) >= 11 is 0. The molecule has 0 aliphatic carbocycles. The highest BCUT2D eigenvalue weighted by atomic mass is 16.1. The van der Waals surface area contributed by atoms with Crippen LogP contribution >= 0.6 is 0 Å². The van der Waals surface area contributed by atoms with Gasteiger partial charge in [0.15, 0.2) is 0 Å². The number of aryl methyl sites for hydroxylation is 1. The average molecular weight is 230 g/mol. The Labute approximate surface area is 102 Å². The molecule has 0 aromatic heterocycles. The Bertz CT molecular complexity index is 436. The lowest BCUT2D eigenvalue weighted by Gasteiger charge is -2.18. The standard InChI is InChI=1S/C14H18N2O/c17-14-4-3-12-2-1-10(8-13(12)16-14)7-11-5-6-15-9-11/h1-2,8,11,15H,3-7,9H2,(H,16,17). The number of benzene rings is 1. The fourth-order valence-corrected chi connectivity index (χ4v) is 2.77. The second-order valence-corrected chi connectivity index (χ2v) is 5.10. The lowest BCUT2D eigenvalue weighted by molar-refractivity contribution is -0.116. The smallest absolute Gasteiger partial charge is 0.224 e. The average Bonchev–Trinajstić information content (AvgIpc) is 2.81. The second kappa shape index (κ2) is 4.49. The van der Waals surface area contributed by atoms with Gasteiger partial charge in [0.25, 0.3) is 0 Å². The molecule has 1 aromatic carbocycles. The molecule has 2 heterocycles. The second-order valence-electron chi connectivity index (χ2n) is 5.10. The Kier molecular flexibility index (Phi) is 2.85. The van der Waals surface area contributed by atoms with Gasteiger partial charge < -0.3 is 10.6 Å². The topological polar surface area (TPSA) is 41.1 Å². The monoisotopic (exact) mass is 230 g/mol. The summed E-state index contributed by atoms with van der Waals surface area (Å²) in [7, 11) is 0. The summed E-state index contributed by atoms with van der Waals surface area (Å²) in [4.78, 5) is 11.4. The SMILES string of the molecule is O=C1CCc2ccc(CC3CCNC3)cc2N1. The zero-order chi connectivity index (χ0) is 11.7. The van der Waals surface area contributed by atoms with Gasteiger partial charge in [0.05, 0.1) is 0 Å². The maximum absolute atomic E-state index is 11.4. The number of amides is 1. The van der Waals surface area contributed by atoms with Gasteiger partial charge in [-0.15, -0.1) is 0 Å². The maximum atomic E-state index is 11.4. The predicted molar refractivity (Wildman–Crippen MR) is 68.1 cm³/mol. The van der Waals surface area contributed by atoms with E-state index in [1.54, 1.807) is 0 Å². The van der Waals surface area contributed by atoms with Gasteiger partial charge in [-0.2, -0.15) is 0 Å². The molecular weight excluding hydrogens is 212 g/mol. The van der Waals surface area contributed by atoms with Crippen LogP contribution < -0.4 is 10.6 Å². The number of nitrogens with one attached hydrogen (secondary N) is 2. The minimum atomic E-state index is 0.150. The first-order valence-corrected chi connectivity index (χ1v) is 6.43. The van der Waals surface area contributed by atoms with Crippen molar-refractivity contribution in [2.24, 2.45) is 5.92 Å². The van der Waals surface area contributed by atoms with E-state index in [4.69, 9.17) is 0 Å². The third kappa shape index (κ3) is 2.34. The highest BCUT2D eigenvalue weighted by Gasteiger charge is 2.18. The van der Waals surface area contributed by atoms with Crippen molar-refractivity contribution in [3.8, 4) is 0 Å². The van der Waals surface area contributed by atoms with E-state index in [2.05, 4.69) is 28.8 Å². The molecular formula is C14H18N2O. The molecule has 90 valence electrons.